The third-order valence-electron chi connectivity index (χ3n) is 3.41. The van der Waals surface area contributed by atoms with E-state index >= 15 is 0 Å². The lowest BCUT2D eigenvalue weighted by atomic mass is 10.2. The molecule has 2 aromatic heterocycles. The molecule has 3 aromatic rings. The van der Waals surface area contributed by atoms with Gasteiger partial charge in [-0.2, -0.15) is 0 Å². The number of sulfonamides is 1. The van der Waals surface area contributed by atoms with Crippen LogP contribution in [0.5, 0.6) is 5.75 Å². The summed E-state index contributed by atoms with van der Waals surface area (Å²) in [5, 5.41) is 0.810. The molecule has 0 spiro atoms. The second-order valence-electron chi connectivity index (χ2n) is 4.93. The van der Waals surface area contributed by atoms with Crippen LogP contribution in [0.2, 0.25) is 0 Å². The van der Waals surface area contributed by atoms with Crippen molar-refractivity contribution in [2.45, 2.75) is 17.6 Å². The molecular weight excluding hydrogens is 332 g/mol. The van der Waals surface area contributed by atoms with Gasteiger partial charge in [-0.1, -0.05) is 13.0 Å². The highest BCUT2D eigenvalue weighted by molar-refractivity contribution is 7.94. The fourth-order valence-electron chi connectivity index (χ4n) is 2.25. The van der Waals surface area contributed by atoms with Crippen molar-refractivity contribution in [1.29, 1.82) is 0 Å². The van der Waals surface area contributed by atoms with E-state index in [4.69, 9.17) is 4.74 Å². The highest BCUT2D eigenvalue weighted by Gasteiger charge is 2.19. The smallest absolute Gasteiger partial charge is 0.271 e. The molecule has 2 heterocycles. The van der Waals surface area contributed by atoms with Crippen molar-refractivity contribution in [3.8, 4) is 5.75 Å². The third kappa shape index (κ3) is 3.16. The van der Waals surface area contributed by atoms with E-state index in [2.05, 4.69) is 9.71 Å². The number of pyridine rings is 1. The molecule has 1 N–H and O–H groups in total. The Morgan fingerprint density at radius 3 is 2.78 bits per heavy atom. The highest BCUT2D eigenvalue weighted by Crippen LogP contribution is 2.31. The van der Waals surface area contributed by atoms with Crippen molar-refractivity contribution in [2.75, 3.05) is 11.8 Å². The van der Waals surface area contributed by atoms with Crippen molar-refractivity contribution in [3.05, 3.63) is 47.5 Å². The highest BCUT2D eigenvalue weighted by atomic mass is 32.2. The molecule has 0 aliphatic rings. The minimum absolute atomic E-state index is 0.293. The number of hydrogen-bond acceptors (Lipinski definition) is 5. The molecule has 0 bridgehead atoms. The maximum Gasteiger partial charge on any atom is 0.271 e. The average molecular weight is 348 g/mol. The summed E-state index contributed by atoms with van der Waals surface area (Å²) < 4.78 is 33.4. The summed E-state index contributed by atoms with van der Waals surface area (Å²) in [6.45, 7) is 2.00. The van der Waals surface area contributed by atoms with Crippen molar-refractivity contribution in [2.24, 2.45) is 0 Å². The van der Waals surface area contributed by atoms with Gasteiger partial charge in [-0.3, -0.25) is 9.71 Å². The first-order chi connectivity index (χ1) is 11.0. The lowest BCUT2D eigenvalue weighted by Gasteiger charge is -2.11. The van der Waals surface area contributed by atoms with Gasteiger partial charge >= 0.3 is 0 Å². The number of methoxy groups -OCH3 is 1. The van der Waals surface area contributed by atoms with Gasteiger partial charge in [-0.25, -0.2) is 8.42 Å². The summed E-state index contributed by atoms with van der Waals surface area (Å²) in [4.78, 5) is 5.30. The molecule has 7 heteroatoms. The number of aromatic nitrogens is 1. The van der Waals surface area contributed by atoms with E-state index in [1.807, 2.05) is 25.1 Å². The normalized spacial score (nSPS) is 11.6. The SMILES string of the molecule is CCc1ccc(S(=O)(=O)Nc2cc(OC)cc3cccnc23)s1. The summed E-state index contributed by atoms with van der Waals surface area (Å²) in [5.74, 6) is 0.573. The monoisotopic (exact) mass is 348 g/mol. The molecule has 0 fully saturated rings. The average Bonchev–Trinajstić information content (AvgIpc) is 3.04. The second-order valence-corrected chi connectivity index (χ2v) is 8.01. The minimum atomic E-state index is -3.65. The Bertz CT molecular complexity index is 949. The molecule has 0 saturated heterocycles. The van der Waals surface area contributed by atoms with E-state index in [1.165, 1.54) is 11.3 Å². The number of anilines is 1. The molecule has 0 unspecified atom stereocenters. The quantitative estimate of drug-likeness (QED) is 0.764. The lowest BCUT2D eigenvalue weighted by molar-refractivity contribution is 0.415. The molecule has 0 aliphatic carbocycles. The van der Waals surface area contributed by atoms with Crippen molar-refractivity contribution in [1.82, 2.24) is 4.98 Å². The number of benzene rings is 1. The number of thiophene rings is 1. The Kier molecular flexibility index (Phi) is 4.23. The van der Waals surface area contributed by atoms with Crippen LogP contribution in [0.3, 0.4) is 0 Å². The number of nitrogens with one attached hydrogen (secondary N) is 1. The molecular formula is C16H16N2O3S2. The lowest BCUT2D eigenvalue weighted by Crippen LogP contribution is -2.12. The number of nitrogens with zero attached hydrogens (tertiary/aromatic N) is 1. The van der Waals surface area contributed by atoms with Crippen LogP contribution in [-0.2, 0) is 16.4 Å². The largest absolute Gasteiger partial charge is 0.497 e. The van der Waals surface area contributed by atoms with Crippen LogP contribution in [-0.4, -0.2) is 20.5 Å². The van der Waals surface area contributed by atoms with Crippen molar-refractivity contribution >= 4 is 38.0 Å². The van der Waals surface area contributed by atoms with Crippen LogP contribution in [0.25, 0.3) is 10.9 Å². The van der Waals surface area contributed by atoms with E-state index in [9.17, 15) is 8.42 Å². The minimum Gasteiger partial charge on any atom is -0.497 e. The van der Waals surface area contributed by atoms with E-state index in [0.717, 1.165) is 16.7 Å². The second kappa shape index (κ2) is 6.17. The summed E-state index contributed by atoms with van der Waals surface area (Å²) in [6, 6.07) is 10.6. The zero-order valence-corrected chi connectivity index (χ0v) is 14.4. The standard InChI is InChI=1S/C16H16N2O3S2/c1-3-13-6-7-15(22-13)23(19,20)18-14-10-12(21-2)9-11-5-4-8-17-16(11)14/h4-10,18H,3H2,1-2H3. The number of ether oxygens (including phenoxy) is 1. The Balaban J connectivity index is 2.06. The number of hydrogen-bond donors (Lipinski definition) is 1. The number of fused-ring (bicyclic) bond motifs is 1. The van der Waals surface area contributed by atoms with Crippen LogP contribution in [0.15, 0.2) is 46.8 Å². The first-order valence-electron chi connectivity index (χ1n) is 7.08. The predicted molar refractivity (Wildman–Crippen MR) is 92.8 cm³/mol. The molecule has 0 atom stereocenters. The van der Waals surface area contributed by atoms with Gasteiger partial charge in [-0.15, -0.1) is 11.3 Å². The van der Waals surface area contributed by atoms with Gasteiger partial charge in [0.1, 0.15) is 9.96 Å². The first-order valence-corrected chi connectivity index (χ1v) is 9.38. The van der Waals surface area contributed by atoms with Gasteiger partial charge in [0, 0.05) is 22.5 Å². The molecule has 1 aromatic carbocycles. The Morgan fingerprint density at radius 1 is 1.26 bits per heavy atom. The Morgan fingerprint density at radius 2 is 2.09 bits per heavy atom. The maximum absolute atomic E-state index is 12.6. The summed E-state index contributed by atoms with van der Waals surface area (Å²) >= 11 is 1.27. The van der Waals surface area contributed by atoms with Gasteiger partial charge in [0.15, 0.2) is 0 Å². The van der Waals surface area contributed by atoms with E-state index in [1.54, 1.807) is 31.5 Å². The van der Waals surface area contributed by atoms with Gasteiger partial charge in [-0.05, 0) is 30.7 Å². The van der Waals surface area contributed by atoms with Crippen LogP contribution >= 0.6 is 11.3 Å². The van der Waals surface area contributed by atoms with Crippen LogP contribution in [0, 0.1) is 0 Å². The Labute approximate surface area is 139 Å². The summed E-state index contributed by atoms with van der Waals surface area (Å²) in [6.07, 6.45) is 2.44. The van der Waals surface area contributed by atoms with Crippen LogP contribution in [0.1, 0.15) is 11.8 Å². The summed E-state index contributed by atoms with van der Waals surface area (Å²) in [7, 11) is -2.10. The van der Waals surface area contributed by atoms with Gasteiger partial charge in [0.05, 0.1) is 18.3 Å². The molecule has 0 saturated carbocycles. The first kappa shape index (κ1) is 15.8. The van der Waals surface area contributed by atoms with Crippen LogP contribution in [0.4, 0.5) is 5.69 Å². The fraction of sp³-hybridized carbons (Fsp3) is 0.188. The molecule has 0 aliphatic heterocycles. The van der Waals surface area contributed by atoms with E-state index < -0.39 is 10.0 Å². The van der Waals surface area contributed by atoms with Crippen molar-refractivity contribution < 1.29 is 13.2 Å². The molecule has 0 radical (unpaired) electrons. The van der Waals surface area contributed by atoms with Gasteiger partial charge in [0.2, 0.25) is 0 Å². The van der Waals surface area contributed by atoms with E-state index in [0.29, 0.717) is 21.2 Å². The molecule has 23 heavy (non-hydrogen) atoms. The Hall–Kier alpha value is -2.12. The molecule has 3 rings (SSSR count). The molecule has 0 amide bonds. The predicted octanol–water partition coefficient (Wildman–Crippen LogP) is 3.67. The number of aryl methyl sites for hydroxylation is 1. The molecule has 5 nitrogen and oxygen atoms in total. The molecule has 120 valence electrons. The third-order valence-corrected chi connectivity index (χ3v) is 6.50. The van der Waals surface area contributed by atoms with Gasteiger partial charge in [0.25, 0.3) is 10.0 Å². The zero-order chi connectivity index (χ0) is 16.4. The number of rotatable bonds is 5. The summed E-state index contributed by atoms with van der Waals surface area (Å²) in [5.41, 5.74) is 0.996. The fourth-order valence-corrected chi connectivity index (χ4v) is 4.60. The van der Waals surface area contributed by atoms with Crippen LogP contribution < -0.4 is 9.46 Å². The van der Waals surface area contributed by atoms with Crippen molar-refractivity contribution in [3.63, 3.8) is 0 Å². The van der Waals surface area contributed by atoms with E-state index in [-0.39, 0.29) is 0 Å². The zero-order valence-electron chi connectivity index (χ0n) is 12.7. The maximum atomic E-state index is 12.6. The van der Waals surface area contributed by atoms with Gasteiger partial charge < -0.3 is 4.74 Å². The topological polar surface area (TPSA) is 68.3 Å².